The fourth-order valence-corrected chi connectivity index (χ4v) is 1.70. The number of oxazole rings is 1. The summed E-state index contributed by atoms with van der Waals surface area (Å²) in [5.74, 6) is 0. The smallest absolute Gasteiger partial charge is 0.416 e. The molecule has 2 rings (SSSR count). The maximum Gasteiger partial charge on any atom is 0.416 e. The highest BCUT2D eigenvalue weighted by Gasteiger charge is 2.31. The van der Waals surface area contributed by atoms with Crippen molar-refractivity contribution in [3.05, 3.63) is 22.2 Å². The van der Waals surface area contributed by atoms with Crippen LogP contribution in [0, 0.1) is 0 Å². The number of halogens is 4. The molecular formula is C8H4BrF3N2O. The van der Waals surface area contributed by atoms with Gasteiger partial charge in [-0.25, -0.2) is 0 Å². The average molecular weight is 281 g/mol. The van der Waals surface area contributed by atoms with Gasteiger partial charge in [-0.05, 0) is 28.1 Å². The number of benzene rings is 1. The Balaban J connectivity index is 2.72. The summed E-state index contributed by atoms with van der Waals surface area (Å²) in [5, 5.41) is 0. The Kier molecular flexibility index (Phi) is 2.14. The minimum absolute atomic E-state index is 0.0780. The van der Waals surface area contributed by atoms with Crippen LogP contribution < -0.4 is 5.73 Å². The Morgan fingerprint density at radius 2 is 2.00 bits per heavy atom. The molecule has 2 aromatic rings. The van der Waals surface area contributed by atoms with Crippen molar-refractivity contribution >= 4 is 33.0 Å². The Morgan fingerprint density at radius 3 is 2.60 bits per heavy atom. The second-order valence-corrected chi connectivity index (χ2v) is 3.71. The zero-order chi connectivity index (χ0) is 11.2. The van der Waals surface area contributed by atoms with Crippen molar-refractivity contribution in [2.45, 2.75) is 6.18 Å². The summed E-state index contributed by atoms with van der Waals surface area (Å²) in [6.07, 6.45) is -4.41. The van der Waals surface area contributed by atoms with Gasteiger partial charge < -0.3 is 10.2 Å². The molecule has 0 bridgehead atoms. The van der Waals surface area contributed by atoms with Crippen molar-refractivity contribution in [3.63, 3.8) is 0 Å². The van der Waals surface area contributed by atoms with E-state index in [1.807, 2.05) is 0 Å². The lowest BCUT2D eigenvalue weighted by molar-refractivity contribution is -0.137. The number of anilines is 1. The molecule has 7 heteroatoms. The maximum absolute atomic E-state index is 12.4. The third-order valence-corrected chi connectivity index (χ3v) is 2.38. The number of aromatic nitrogens is 1. The first-order chi connectivity index (χ1) is 6.88. The fraction of sp³-hybridized carbons (Fsp3) is 0.125. The summed E-state index contributed by atoms with van der Waals surface area (Å²) in [6, 6.07) is 1.65. The quantitative estimate of drug-likeness (QED) is 0.806. The van der Waals surface area contributed by atoms with Crippen molar-refractivity contribution in [1.29, 1.82) is 0 Å². The molecule has 0 aliphatic heterocycles. The normalized spacial score (nSPS) is 12.3. The topological polar surface area (TPSA) is 52.0 Å². The second-order valence-electron chi connectivity index (χ2n) is 2.86. The molecule has 1 aromatic carbocycles. The second kappa shape index (κ2) is 3.13. The molecule has 0 aliphatic rings. The SMILES string of the molecule is Nc1nc2cc(C(F)(F)F)cc(Br)c2o1. The van der Waals surface area contributed by atoms with Crippen LogP contribution in [0.2, 0.25) is 0 Å². The first-order valence-corrected chi connectivity index (χ1v) is 4.60. The Bertz CT molecular complexity index is 520. The molecule has 15 heavy (non-hydrogen) atoms. The summed E-state index contributed by atoms with van der Waals surface area (Å²) < 4.78 is 42.3. The standard InChI is InChI=1S/C8H4BrF3N2O/c9-4-1-3(8(10,11)12)2-5-6(4)15-7(13)14-5/h1-2H,(H2,13,14). The monoisotopic (exact) mass is 280 g/mol. The molecule has 0 radical (unpaired) electrons. The van der Waals surface area contributed by atoms with Gasteiger partial charge in [-0.15, -0.1) is 0 Å². The summed E-state index contributed by atoms with van der Waals surface area (Å²) in [6.45, 7) is 0. The van der Waals surface area contributed by atoms with E-state index in [9.17, 15) is 13.2 Å². The molecule has 0 amide bonds. The molecule has 3 nitrogen and oxygen atoms in total. The van der Waals surface area contributed by atoms with E-state index in [4.69, 9.17) is 10.2 Å². The maximum atomic E-state index is 12.4. The van der Waals surface area contributed by atoms with E-state index >= 15 is 0 Å². The molecule has 0 unspecified atom stereocenters. The molecule has 1 aromatic heterocycles. The number of hydrogen-bond donors (Lipinski definition) is 1. The first kappa shape index (κ1) is 10.3. The molecule has 0 aliphatic carbocycles. The van der Waals surface area contributed by atoms with E-state index in [0.29, 0.717) is 0 Å². The van der Waals surface area contributed by atoms with Gasteiger partial charge in [0.1, 0.15) is 5.52 Å². The van der Waals surface area contributed by atoms with E-state index in [0.717, 1.165) is 12.1 Å². The van der Waals surface area contributed by atoms with Gasteiger partial charge in [0.2, 0.25) is 0 Å². The molecule has 0 spiro atoms. The molecule has 0 fully saturated rings. The van der Waals surface area contributed by atoms with Crippen LogP contribution in [-0.4, -0.2) is 4.98 Å². The van der Waals surface area contributed by atoms with E-state index < -0.39 is 11.7 Å². The molecule has 80 valence electrons. The van der Waals surface area contributed by atoms with Crippen LogP contribution in [0.4, 0.5) is 19.2 Å². The van der Waals surface area contributed by atoms with Crippen LogP contribution in [0.25, 0.3) is 11.1 Å². The van der Waals surface area contributed by atoms with E-state index in [-0.39, 0.29) is 21.6 Å². The molecule has 1 heterocycles. The fourth-order valence-electron chi connectivity index (χ4n) is 1.17. The van der Waals surface area contributed by atoms with Crippen LogP contribution in [0.5, 0.6) is 0 Å². The van der Waals surface area contributed by atoms with Crippen molar-refractivity contribution in [1.82, 2.24) is 4.98 Å². The highest BCUT2D eigenvalue weighted by Crippen LogP contribution is 2.35. The van der Waals surface area contributed by atoms with Gasteiger partial charge in [-0.3, -0.25) is 0 Å². The van der Waals surface area contributed by atoms with Crippen molar-refractivity contribution in [2.24, 2.45) is 0 Å². The van der Waals surface area contributed by atoms with Crippen molar-refractivity contribution in [3.8, 4) is 0 Å². The minimum atomic E-state index is -4.41. The Labute approximate surface area is 90.2 Å². The zero-order valence-electron chi connectivity index (χ0n) is 7.10. The largest absolute Gasteiger partial charge is 0.422 e. The summed E-state index contributed by atoms with van der Waals surface area (Å²) >= 11 is 2.96. The van der Waals surface area contributed by atoms with Crippen LogP contribution >= 0.6 is 15.9 Å². The van der Waals surface area contributed by atoms with Gasteiger partial charge in [0.25, 0.3) is 6.01 Å². The molecule has 0 atom stereocenters. The molecular weight excluding hydrogens is 277 g/mol. The number of nitrogens with two attached hydrogens (primary N) is 1. The number of nitrogen functional groups attached to an aromatic ring is 1. The van der Waals surface area contributed by atoms with Gasteiger partial charge in [0.15, 0.2) is 5.58 Å². The number of nitrogens with zero attached hydrogens (tertiary/aromatic N) is 1. The van der Waals surface area contributed by atoms with Crippen LogP contribution in [0.1, 0.15) is 5.56 Å². The molecule has 2 N–H and O–H groups in total. The first-order valence-electron chi connectivity index (χ1n) is 3.80. The third-order valence-electron chi connectivity index (χ3n) is 1.79. The Morgan fingerprint density at radius 1 is 1.33 bits per heavy atom. The summed E-state index contributed by atoms with van der Waals surface area (Å²) in [5.41, 5.74) is 4.73. The lowest BCUT2D eigenvalue weighted by Gasteiger charge is -2.06. The predicted molar refractivity (Wildman–Crippen MR) is 51.1 cm³/mol. The number of hydrogen-bond acceptors (Lipinski definition) is 3. The van der Waals surface area contributed by atoms with Crippen LogP contribution in [-0.2, 0) is 6.18 Å². The van der Waals surface area contributed by atoms with Gasteiger partial charge >= 0.3 is 6.18 Å². The minimum Gasteiger partial charge on any atom is -0.422 e. The number of alkyl halides is 3. The number of rotatable bonds is 0. The highest BCUT2D eigenvalue weighted by molar-refractivity contribution is 9.10. The highest BCUT2D eigenvalue weighted by atomic mass is 79.9. The van der Waals surface area contributed by atoms with E-state index in [2.05, 4.69) is 20.9 Å². The summed E-state index contributed by atoms with van der Waals surface area (Å²) in [7, 11) is 0. The Hall–Kier alpha value is -1.24. The number of fused-ring (bicyclic) bond motifs is 1. The molecule has 0 saturated carbocycles. The van der Waals surface area contributed by atoms with E-state index in [1.54, 1.807) is 0 Å². The van der Waals surface area contributed by atoms with E-state index in [1.165, 1.54) is 0 Å². The van der Waals surface area contributed by atoms with Crippen molar-refractivity contribution < 1.29 is 17.6 Å². The van der Waals surface area contributed by atoms with Crippen LogP contribution in [0.15, 0.2) is 21.0 Å². The van der Waals surface area contributed by atoms with Gasteiger partial charge in [0.05, 0.1) is 10.0 Å². The zero-order valence-corrected chi connectivity index (χ0v) is 8.69. The lowest BCUT2D eigenvalue weighted by Crippen LogP contribution is -2.04. The van der Waals surface area contributed by atoms with Crippen molar-refractivity contribution in [2.75, 3.05) is 5.73 Å². The third kappa shape index (κ3) is 1.79. The molecule has 0 saturated heterocycles. The van der Waals surface area contributed by atoms with Crippen LogP contribution in [0.3, 0.4) is 0 Å². The van der Waals surface area contributed by atoms with Gasteiger partial charge in [-0.1, -0.05) is 0 Å². The summed E-state index contributed by atoms with van der Waals surface area (Å²) in [4.78, 5) is 3.63. The lowest BCUT2D eigenvalue weighted by atomic mass is 10.2. The predicted octanol–water partition coefficient (Wildman–Crippen LogP) is 3.19. The van der Waals surface area contributed by atoms with Gasteiger partial charge in [-0.2, -0.15) is 18.2 Å². The van der Waals surface area contributed by atoms with Gasteiger partial charge in [0, 0.05) is 0 Å². The average Bonchev–Trinajstić information content (AvgIpc) is 2.44.